The Morgan fingerprint density at radius 3 is 2.50 bits per heavy atom. The fraction of sp³-hybridized carbons (Fsp3) is 0.600. The van der Waals surface area contributed by atoms with E-state index in [1.165, 1.54) is 0 Å². The minimum absolute atomic E-state index is 0.0257. The number of nitrogens with two attached hydrogens (primary N) is 1. The topological polar surface area (TPSA) is 62.5 Å². The van der Waals surface area contributed by atoms with Crippen LogP contribution in [0.3, 0.4) is 0 Å². The number of carbonyl (C=O) groups excluding carboxylic acids is 1. The monoisotopic (exact) mass is 276 g/mol. The van der Waals surface area contributed by atoms with E-state index >= 15 is 0 Å². The number of pyridine rings is 1. The molecule has 1 aromatic heterocycles. The number of amides is 1. The highest BCUT2D eigenvalue weighted by atomic mass is 16.2. The van der Waals surface area contributed by atoms with Gasteiger partial charge < -0.3 is 10.6 Å². The first-order chi connectivity index (χ1) is 9.60. The predicted octanol–water partition coefficient (Wildman–Crippen LogP) is 0.954. The first-order valence-corrected chi connectivity index (χ1v) is 7.26. The molecule has 2 N–H and O–H groups in total. The van der Waals surface area contributed by atoms with Gasteiger partial charge in [-0.15, -0.1) is 0 Å². The number of rotatable bonds is 4. The van der Waals surface area contributed by atoms with Crippen LogP contribution in [-0.4, -0.2) is 53.4 Å². The van der Waals surface area contributed by atoms with Gasteiger partial charge in [-0.05, 0) is 17.5 Å². The summed E-state index contributed by atoms with van der Waals surface area (Å²) in [4.78, 5) is 20.9. The Hall–Kier alpha value is -1.46. The highest BCUT2D eigenvalue weighted by molar-refractivity contribution is 5.92. The van der Waals surface area contributed by atoms with Crippen LogP contribution < -0.4 is 5.73 Å². The summed E-state index contributed by atoms with van der Waals surface area (Å²) in [5.74, 6) is 0.695. The SMILES string of the molecule is CC(C)CN1CCN(C(=O)c2ccc(CN)cn2)CC1. The van der Waals surface area contributed by atoms with Crippen molar-refractivity contribution in [1.82, 2.24) is 14.8 Å². The average molecular weight is 276 g/mol. The summed E-state index contributed by atoms with van der Waals surface area (Å²) in [6.07, 6.45) is 1.68. The number of hydrogen-bond acceptors (Lipinski definition) is 4. The van der Waals surface area contributed by atoms with Gasteiger partial charge in [0.15, 0.2) is 0 Å². The minimum atomic E-state index is 0.0257. The molecule has 1 amide bonds. The molecule has 0 bridgehead atoms. The number of hydrogen-bond donors (Lipinski definition) is 1. The standard InChI is InChI=1S/C15H24N4O/c1-12(2)11-18-5-7-19(8-6-18)15(20)14-4-3-13(9-16)10-17-14/h3-4,10,12H,5-9,11,16H2,1-2H3. The lowest BCUT2D eigenvalue weighted by molar-refractivity contribution is 0.0618. The number of carbonyl (C=O) groups is 1. The Bertz CT molecular complexity index is 436. The zero-order chi connectivity index (χ0) is 14.5. The van der Waals surface area contributed by atoms with Gasteiger partial charge >= 0.3 is 0 Å². The van der Waals surface area contributed by atoms with Crippen molar-refractivity contribution in [3.05, 3.63) is 29.6 Å². The third kappa shape index (κ3) is 3.77. The second-order valence-corrected chi connectivity index (χ2v) is 5.74. The maximum absolute atomic E-state index is 12.3. The summed E-state index contributed by atoms with van der Waals surface area (Å²) in [6.45, 7) is 9.47. The molecular weight excluding hydrogens is 252 g/mol. The lowest BCUT2D eigenvalue weighted by Crippen LogP contribution is -2.49. The molecule has 1 aromatic rings. The zero-order valence-electron chi connectivity index (χ0n) is 12.4. The van der Waals surface area contributed by atoms with Crippen molar-refractivity contribution < 1.29 is 4.79 Å². The molecular formula is C15H24N4O. The van der Waals surface area contributed by atoms with Crippen LogP contribution >= 0.6 is 0 Å². The van der Waals surface area contributed by atoms with E-state index in [1.807, 2.05) is 11.0 Å². The fourth-order valence-corrected chi connectivity index (χ4v) is 2.48. The second kappa shape index (κ2) is 6.81. The van der Waals surface area contributed by atoms with Crippen LogP contribution in [-0.2, 0) is 6.54 Å². The molecule has 0 unspecified atom stereocenters. The Kier molecular flexibility index (Phi) is 5.09. The van der Waals surface area contributed by atoms with E-state index in [9.17, 15) is 4.79 Å². The normalized spacial score (nSPS) is 16.7. The van der Waals surface area contributed by atoms with Crippen molar-refractivity contribution in [3.8, 4) is 0 Å². The Morgan fingerprint density at radius 1 is 1.30 bits per heavy atom. The molecule has 20 heavy (non-hydrogen) atoms. The molecule has 5 nitrogen and oxygen atoms in total. The van der Waals surface area contributed by atoms with Gasteiger partial charge in [-0.25, -0.2) is 0 Å². The van der Waals surface area contributed by atoms with E-state index in [2.05, 4.69) is 23.7 Å². The summed E-state index contributed by atoms with van der Waals surface area (Å²) >= 11 is 0. The molecule has 2 rings (SSSR count). The van der Waals surface area contributed by atoms with Crippen LogP contribution in [0.25, 0.3) is 0 Å². The lowest BCUT2D eigenvalue weighted by atomic mass is 10.2. The molecule has 0 spiro atoms. The highest BCUT2D eigenvalue weighted by Gasteiger charge is 2.22. The van der Waals surface area contributed by atoms with E-state index in [0.29, 0.717) is 18.2 Å². The van der Waals surface area contributed by atoms with Gasteiger partial charge in [0.2, 0.25) is 0 Å². The smallest absolute Gasteiger partial charge is 0.272 e. The van der Waals surface area contributed by atoms with E-state index < -0.39 is 0 Å². The van der Waals surface area contributed by atoms with Gasteiger partial charge in [0, 0.05) is 45.5 Å². The molecule has 0 atom stereocenters. The summed E-state index contributed by atoms with van der Waals surface area (Å²) < 4.78 is 0. The largest absolute Gasteiger partial charge is 0.335 e. The first-order valence-electron chi connectivity index (χ1n) is 7.26. The van der Waals surface area contributed by atoms with E-state index in [1.54, 1.807) is 12.3 Å². The molecule has 0 aromatic carbocycles. The molecule has 1 aliphatic rings. The summed E-state index contributed by atoms with van der Waals surface area (Å²) in [7, 11) is 0. The molecule has 1 aliphatic heterocycles. The second-order valence-electron chi connectivity index (χ2n) is 5.74. The van der Waals surface area contributed by atoms with Crippen molar-refractivity contribution in [2.45, 2.75) is 20.4 Å². The third-order valence-corrected chi connectivity index (χ3v) is 3.56. The van der Waals surface area contributed by atoms with E-state index in [-0.39, 0.29) is 5.91 Å². The number of aromatic nitrogens is 1. The molecule has 0 saturated carbocycles. The van der Waals surface area contributed by atoms with E-state index in [4.69, 9.17) is 5.73 Å². The highest BCUT2D eigenvalue weighted by Crippen LogP contribution is 2.09. The van der Waals surface area contributed by atoms with Crippen molar-refractivity contribution in [3.63, 3.8) is 0 Å². The molecule has 2 heterocycles. The van der Waals surface area contributed by atoms with Gasteiger partial charge in [-0.2, -0.15) is 0 Å². The van der Waals surface area contributed by atoms with Gasteiger partial charge in [0.25, 0.3) is 5.91 Å². The van der Waals surface area contributed by atoms with Crippen LogP contribution in [0.5, 0.6) is 0 Å². The van der Waals surface area contributed by atoms with Crippen molar-refractivity contribution in [1.29, 1.82) is 0 Å². The van der Waals surface area contributed by atoms with E-state index in [0.717, 1.165) is 38.3 Å². The van der Waals surface area contributed by atoms with Crippen LogP contribution in [0, 0.1) is 5.92 Å². The van der Waals surface area contributed by atoms with Gasteiger partial charge in [-0.3, -0.25) is 14.7 Å². The van der Waals surface area contributed by atoms with Crippen LogP contribution in [0.2, 0.25) is 0 Å². The molecule has 1 fully saturated rings. The van der Waals surface area contributed by atoms with Crippen LogP contribution in [0.1, 0.15) is 29.9 Å². The third-order valence-electron chi connectivity index (χ3n) is 3.56. The van der Waals surface area contributed by atoms with Gasteiger partial charge in [-0.1, -0.05) is 19.9 Å². The molecule has 110 valence electrons. The maximum atomic E-state index is 12.3. The van der Waals surface area contributed by atoms with Crippen molar-refractivity contribution in [2.75, 3.05) is 32.7 Å². The Labute approximate surface area is 120 Å². The first kappa shape index (κ1) is 14.9. The minimum Gasteiger partial charge on any atom is -0.335 e. The zero-order valence-corrected chi connectivity index (χ0v) is 12.4. The van der Waals surface area contributed by atoms with Crippen LogP contribution in [0.15, 0.2) is 18.3 Å². The maximum Gasteiger partial charge on any atom is 0.272 e. The summed E-state index contributed by atoms with van der Waals surface area (Å²) in [5, 5.41) is 0. The molecule has 1 saturated heterocycles. The van der Waals surface area contributed by atoms with Crippen molar-refractivity contribution in [2.24, 2.45) is 11.7 Å². The predicted molar refractivity (Wildman–Crippen MR) is 79.3 cm³/mol. The van der Waals surface area contributed by atoms with Crippen LogP contribution in [0.4, 0.5) is 0 Å². The van der Waals surface area contributed by atoms with Gasteiger partial charge in [0.05, 0.1) is 0 Å². The van der Waals surface area contributed by atoms with Crippen molar-refractivity contribution >= 4 is 5.91 Å². The summed E-state index contributed by atoms with van der Waals surface area (Å²) in [6, 6.07) is 3.64. The number of piperazine rings is 1. The molecule has 5 heteroatoms. The molecule has 0 aliphatic carbocycles. The lowest BCUT2D eigenvalue weighted by Gasteiger charge is -2.35. The fourth-order valence-electron chi connectivity index (χ4n) is 2.48. The Balaban J connectivity index is 1.90. The Morgan fingerprint density at radius 2 is 2.00 bits per heavy atom. The van der Waals surface area contributed by atoms with Gasteiger partial charge in [0.1, 0.15) is 5.69 Å². The molecule has 0 radical (unpaired) electrons. The summed E-state index contributed by atoms with van der Waals surface area (Å²) in [5.41, 5.74) is 6.99. The quantitative estimate of drug-likeness (QED) is 0.889. The number of nitrogens with zero attached hydrogens (tertiary/aromatic N) is 3. The average Bonchev–Trinajstić information content (AvgIpc) is 2.47.